The number of likely N-dealkylation sites (tertiary alicyclic amines) is 2. The molecule has 0 spiro atoms. The minimum absolute atomic E-state index is 0.0212. The molecule has 41 heavy (non-hydrogen) atoms. The molecule has 2 aliphatic heterocycles. The molecule has 4 heterocycles. The third-order valence-electron chi connectivity index (χ3n) is 7.90. The normalized spacial score (nSPS) is 19.4. The van der Waals surface area contributed by atoms with Gasteiger partial charge in [-0.3, -0.25) is 4.79 Å². The maximum atomic E-state index is 15.9. The van der Waals surface area contributed by atoms with E-state index in [0.29, 0.717) is 52.9 Å². The molecule has 2 amide bonds. The van der Waals surface area contributed by atoms with Crippen molar-refractivity contribution in [3.63, 3.8) is 0 Å². The molecule has 2 aromatic heterocycles. The molecule has 0 radical (unpaired) electrons. The summed E-state index contributed by atoms with van der Waals surface area (Å²) >= 11 is 4.87. The van der Waals surface area contributed by atoms with Crippen molar-refractivity contribution in [1.82, 2.24) is 19.4 Å². The molecule has 5 rings (SSSR count). The molecule has 2 unspecified atom stereocenters. The molecule has 3 aromatic rings. The molecule has 0 N–H and O–H groups in total. The van der Waals surface area contributed by atoms with Crippen molar-refractivity contribution < 1.29 is 18.7 Å². The third kappa shape index (κ3) is 5.53. The van der Waals surface area contributed by atoms with Crippen LogP contribution in [0.4, 0.5) is 9.18 Å². The summed E-state index contributed by atoms with van der Waals surface area (Å²) in [7, 11) is 0. The number of ether oxygens (including phenoxy) is 1. The number of hydrogen-bond donors (Lipinski definition) is 0. The Morgan fingerprint density at radius 3 is 2.66 bits per heavy atom. The van der Waals surface area contributed by atoms with Gasteiger partial charge in [-0.25, -0.2) is 14.2 Å². The first kappa shape index (κ1) is 29.6. The van der Waals surface area contributed by atoms with Crippen molar-refractivity contribution in [2.45, 2.75) is 82.5 Å². The Morgan fingerprint density at radius 2 is 2.00 bits per heavy atom. The van der Waals surface area contributed by atoms with E-state index in [2.05, 4.69) is 32.6 Å². The van der Waals surface area contributed by atoms with Crippen LogP contribution in [0.3, 0.4) is 0 Å². The van der Waals surface area contributed by atoms with Crippen LogP contribution in [0.2, 0.25) is 0 Å². The number of nitriles is 1. The van der Waals surface area contributed by atoms with Crippen molar-refractivity contribution in [2.75, 3.05) is 25.9 Å². The van der Waals surface area contributed by atoms with Crippen molar-refractivity contribution >= 4 is 61.5 Å². The average Bonchev–Trinajstić information content (AvgIpc) is 3.66. The van der Waals surface area contributed by atoms with Crippen LogP contribution in [0.25, 0.3) is 21.8 Å². The molecule has 0 saturated carbocycles. The molecule has 8 nitrogen and oxygen atoms in total. The number of pyridine rings is 1. The number of nitrogens with zero attached hydrogens (tertiary/aromatic N) is 5. The van der Waals surface area contributed by atoms with Gasteiger partial charge in [0.15, 0.2) is 5.82 Å². The fourth-order valence-corrected chi connectivity index (χ4v) is 7.24. The zero-order valence-corrected chi connectivity index (χ0v) is 26.5. The topological polar surface area (TPSA) is 91.5 Å². The molecule has 0 aliphatic carbocycles. The van der Waals surface area contributed by atoms with Crippen LogP contribution in [0.15, 0.2) is 21.6 Å². The van der Waals surface area contributed by atoms with E-state index >= 15 is 4.39 Å². The van der Waals surface area contributed by atoms with E-state index in [9.17, 15) is 14.9 Å². The molecule has 2 aliphatic rings. The van der Waals surface area contributed by atoms with Crippen molar-refractivity contribution in [3.8, 4) is 6.07 Å². The second kappa shape index (κ2) is 11.4. The van der Waals surface area contributed by atoms with Crippen molar-refractivity contribution in [2.24, 2.45) is 0 Å². The molecule has 11 heteroatoms. The molecule has 218 valence electrons. The highest BCUT2D eigenvalue weighted by atomic mass is 79.9. The van der Waals surface area contributed by atoms with E-state index in [4.69, 9.17) is 9.72 Å². The lowest BCUT2D eigenvalue weighted by Gasteiger charge is -2.28. The molecular formula is C30H35BrFN5O3S. The maximum absolute atomic E-state index is 15.9. The van der Waals surface area contributed by atoms with Gasteiger partial charge in [0.05, 0.1) is 28.1 Å². The first-order valence-electron chi connectivity index (χ1n) is 14.0. The van der Waals surface area contributed by atoms with Crippen LogP contribution in [0.1, 0.15) is 76.7 Å². The highest BCUT2D eigenvalue weighted by Crippen LogP contribution is 2.44. The Hall–Kier alpha value is -2.84. The summed E-state index contributed by atoms with van der Waals surface area (Å²) in [6, 6.07) is 5.99. The van der Waals surface area contributed by atoms with E-state index in [1.807, 2.05) is 38.0 Å². The van der Waals surface area contributed by atoms with Gasteiger partial charge in [0.2, 0.25) is 5.91 Å². The second-order valence-electron chi connectivity index (χ2n) is 11.8. The van der Waals surface area contributed by atoms with E-state index in [1.54, 1.807) is 11.8 Å². The number of rotatable bonds is 5. The zero-order valence-electron chi connectivity index (χ0n) is 24.1. The Balaban J connectivity index is 1.76. The largest absolute Gasteiger partial charge is 0.444 e. The molecule has 0 bridgehead atoms. The smallest absolute Gasteiger partial charge is 0.410 e. The van der Waals surface area contributed by atoms with Crippen LogP contribution in [-0.4, -0.2) is 62.8 Å². The molecule has 1 aromatic carbocycles. The van der Waals surface area contributed by atoms with Crippen LogP contribution in [-0.2, 0) is 16.0 Å². The number of benzene rings is 1. The summed E-state index contributed by atoms with van der Waals surface area (Å²) in [5, 5.41) is 11.5. The molecular weight excluding hydrogens is 609 g/mol. The third-order valence-corrected chi connectivity index (χ3v) is 9.46. The maximum Gasteiger partial charge on any atom is 0.410 e. The van der Waals surface area contributed by atoms with E-state index in [1.165, 1.54) is 11.8 Å². The van der Waals surface area contributed by atoms with E-state index in [-0.39, 0.29) is 36.0 Å². The van der Waals surface area contributed by atoms with Crippen molar-refractivity contribution in [1.29, 1.82) is 5.26 Å². The van der Waals surface area contributed by atoms with Crippen LogP contribution in [0.5, 0.6) is 0 Å². The standard InChI is InChI=1S/C30H35BrFN5O3S/c1-17(38)36-12-7-9-22(36)23-15-21-27(37(23)19-10-13-35(16-19)29(39)40-30(2,3)4)20-14-18(8-6-11-33)24(31)25(32)26(20)34-28(21)41-5/h14-15,19,22H,6-10,12-13,16H2,1-5H3. The Morgan fingerprint density at radius 1 is 1.24 bits per heavy atom. The predicted octanol–water partition coefficient (Wildman–Crippen LogP) is 7.13. The molecule has 2 saturated heterocycles. The number of aryl methyl sites for hydroxylation is 1. The first-order valence-corrected chi connectivity index (χ1v) is 16.0. The van der Waals surface area contributed by atoms with Gasteiger partial charge in [0.25, 0.3) is 0 Å². The number of carbonyl (C=O) groups is 2. The van der Waals surface area contributed by atoms with E-state index < -0.39 is 11.4 Å². The summed E-state index contributed by atoms with van der Waals surface area (Å²) in [4.78, 5) is 34.1. The van der Waals surface area contributed by atoms with Crippen molar-refractivity contribution in [3.05, 3.63) is 33.7 Å². The lowest BCUT2D eigenvalue weighted by molar-refractivity contribution is -0.129. The number of hydrogen-bond acceptors (Lipinski definition) is 6. The van der Waals surface area contributed by atoms with Gasteiger partial charge in [-0.2, -0.15) is 5.26 Å². The minimum Gasteiger partial charge on any atom is -0.444 e. The summed E-state index contributed by atoms with van der Waals surface area (Å²) in [6.07, 6.45) is 4.66. The number of amides is 2. The van der Waals surface area contributed by atoms with Gasteiger partial charge in [0.1, 0.15) is 16.1 Å². The van der Waals surface area contributed by atoms with Crippen LogP contribution < -0.4 is 0 Å². The van der Waals surface area contributed by atoms with Crippen LogP contribution in [0, 0.1) is 17.1 Å². The Kier molecular flexibility index (Phi) is 8.27. The predicted molar refractivity (Wildman–Crippen MR) is 161 cm³/mol. The fraction of sp³-hybridized carbons (Fsp3) is 0.533. The highest BCUT2D eigenvalue weighted by Gasteiger charge is 2.37. The summed E-state index contributed by atoms with van der Waals surface area (Å²) in [5.74, 6) is -0.428. The number of thioether (sulfide) groups is 1. The zero-order chi connectivity index (χ0) is 29.6. The summed E-state index contributed by atoms with van der Waals surface area (Å²) in [6.45, 7) is 8.82. The monoisotopic (exact) mass is 643 g/mol. The van der Waals surface area contributed by atoms with Gasteiger partial charge in [0, 0.05) is 49.4 Å². The lowest BCUT2D eigenvalue weighted by Crippen LogP contribution is -2.35. The van der Waals surface area contributed by atoms with E-state index in [0.717, 1.165) is 29.4 Å². The van der Waals surface area contributed by atoms with Gasteiger partial charge in [-0.15, -0.1) is 11.8 Å². The van der Waals surface area contributed by atoms with Gasteiger partial charge in [-0.1, -0.05) is 0 Å². The summed E-state index contributed by atoms with van der Waals surface area (Å²) in [5.41, 5.74) is 2.20. The highest BCUT2D eigenvalue weighted by molar-refractivity contribution is 9.10. The number of fused-ring (bicyclic) bond motifs is 3. The lowest BCUT2D eigenvalue weighted by atomic mass is 10.0. The Bertz CT molecular complexity index is 1580. The van der Waals surface area contributed by atoms with Crippen LogP contribution >= 0.6 is 27.7 Å². The molecule has 2 atom stereocenters. The fourth-order valence-electron chi connectivity index (χ4n) is 6.18. The number of aromatic nitrogens is 2. The summed E-state index contributed by atoms with van der Waals surface area (Å²) < 4.78 is 24.2. The number of carbonyl (C=O) groups excluding carboxylic acids is 2. The second-order valence-corrected chi connectivity index (χ2v) is 13.4. The average molecular weight is 645 g/mol. The number of halogens is 2. The SMILES string of the molecule is CSc1nc2c(F)c(Br)c(CCC#N)cc2c2c1cc(C1CCCN1C(C)=O)n2C1CCN(C(=O)OC(C)(C)C)C1. The Labute approximate surface area is 252 Å². The first-order chi connectivity index (χ1) is 19.4. The van der Waals surface area contributed by atoms with Gasteiger partial charge in [-0.05, 0) is 86.3 Å². The van der Waals surface area contributed by atoms with Gasteiger partial charge >= 0.3 is 6.09 Å². The minimum atomic E-state index is -0.605. The molecule has 2 fully saturated rings. The van der Waals surface area contributed by atoms with Gasteiger partial charge < -0.3 is 19.1 Å². The quantitative estimate of drug-likeness (QED) is 0.275.